The smallest absolute Gasteiger partial charge is 0.255 e. The first-order valence-corrected chi connectivity index (χ1v) is 7.72. The Labute approximate surface area is 141 Å². The number of para-hydroxylation sites is 2. The Morgan fingerprint density at radius 1 is 0.680 bits per heavy atom. The van der Waals surface area contributed by atoms with Crippen molar-refractivity contribution in [3.8, 4) is 11.5 Å². The van der Waals surface area contributed by atoms with Crippen LogP contribution in [0.25, 0.3) is 21.8 Å². The zero-order valence-corrected chi connectivity index (χ0v) is 13.0. The second-order valence-electron chi connectivity index (χ2n) is 5.83. The van der Waals surface area contributed by atoms with Gasteiger partial charge in [0, 0.05) is 17.2 Å². The highest BCUT2D eigenvalue weighted by Crippen LogP contribution is 2.30. The molecule has 0 spiro atoms. The molecule has 6 nitrogen and oxygen atoms in total. The molecule has 25 heavy (non-hydrogen) atoms. The summed E-state index contributed by atoms with van der Waals surface area (Å²) in [4.78, 5) is 30.0. The van der Waals surface area contributed by atoms with Gasteiger partial charge in [0.2, 0.25) is 0 Å². The summed E-state index contributed by atoms with van der Waals surface area (Å²) < 4.78 is 0. The first-order chi connectivity index (χ1) is 12.1. The van der Waals surface area contributed by atoms with E-state index in [0.29, 0.717) is 21.8 Å². The van der Waals surface area contributed by atoms with Crippen LogP contribution >= 0.6 is 0 Å². The van der Waals surface area contributed by atoms with E-state index < -0.39 is 11.1 Å². The van der Waals surface area contributed by atoms with Gasteiger partial charge in [0.25, 0.3) is 11.1 Å². The van der Waals surface area contributed by atoms with E-state index in [4.69, 9.17) is 0 Å². The molecule has 0 aliphatic heterocycles. The maximum Gasteiger partial charge on any atom is 0.255 e. The monoisotopic (exact) mass is 334 g/mol. The van der Waals surface area contributed by atoms with E-state index in [1.54, 1.807) is 48.5 Å². The highest BCUT2D eigenvalue weighted by molar-refractivity contribution is 5.87. The number of aromatic nitrogens is 2. The van der Waals surface area contributed by atoms with E-state index in [9.17, 15) is 19.8 Å². The molecule has 4 rings (SSSR count). The molecule has 124 valence electrons. The summed E-state index contributed by atoms with van der Waals surface area (Å²) in [6.45, 7) is 0. The second-order valence-corrected chi connectivity index (χ2v) is 5.83. The molecule has 0 atom stereocenters. The van der Waals surface area contributed by atoms with Crippen molar-refractivity contribution < 1.29 is 10.2 Å². The molecule has 2 heterocycles. The summed E-state index contributed by atoms with van der Waals surface area (Å²) in [6, 6.07) is 13.7. The number of pyridine rings is 2. The summed E-state index contributed by atoms with van der Waals surface area (Å²) >= 11 is 0. The van der Waals surface area contributed by atoms with Crippen LogP contribution in [0.1, 0.15) is 11.1 Å². The van der Waals surface area contributed by atoms with Crippen LogP contribution in [-0.4, -0.2) is 20.2 Å². The molecule has 2 aromatic heterocycles. The van der Waals surface area contributed by atoms with Crippen LogP contribution in [0, 0.1) is 0 Å². The lowest BCUT2D eigenvalue weighted by atomic mass is 10.0. The van der Waals surface area contributed by atoms with Crippen molar-refractivity contribution >= 4 is 21.8 Å². The van der Waals surface area contributed by atoms with Crippen LogP contribution in [0.15, 0.2) is 58.1 Å². The minimum Gasteiger partial charge on any atom is -0.507 e. The summed E-state index contributed by atoms with van der Waals surface area (Å²) in [5, 5.41) is 21.9. The third-order valence-corrected chi connectivity index (χ3v) is 4.33. The molecule has 0 unspecified atom stereocenters. The third-order valence-electron chi connectivity index (χ3n) is 4.33. The Balaban J connectivity index is 1.95. The normalized spacial score (nSPS) is 11.2. The van der Waals surface area contributed by atoms with Crippen LogP contribution < -0.4 is 11.1 Å². The topological polar surface area (TPSA) is 106 Å². The first-order valence-electron chi connectivity index (χ1n) is 7.72. The Kier molecular flexibility index (Phi) is 3.32. The Bertz CT molecular complexity index is 1140. The molecule has 6 heteroatoms. The Morgan fingerprint density at radius 2 is 1.08 bits per heavy atom. The van der Waals surface area contributed by atoms with E-state index in [-0.39, 0.29) is 29.0 Å². The fraction of sp³-hybridized carbons (Fsp3) is 0.0526. The van der Waals surface area contributed by atoms with Crippen LogP contribution in [0.2, 0.25) is 0 Å². The number of nitrogens with one attached hydrogen (secondary N) is 2. The van der Waals surface area contributed by atoms with Crippen LogP contribution in [0.3, 0.4) is 0 Å². The van der Waals surface area contributed by atoms with Crippen molar-refractivity contribution in [3.63, 3.8) is 0 Å². The van der Waals surface area contributed by atoms with E-state index >= 15 is 0 Å². The van der Waals surface area contributed by atoms with Gasteiger partial charge >= 0.3 is 0 Å². The molecule has 0 bridgehead atoms. The number of aromatic hydroxyl groups is 2. The van der Waals surface area contributed by atoms with Gasteiger partial charge in [-0.3, -0.25) is 9.59 Å². The van der Waals surface area contributed by atoms with Crippen molar-refractivity contribution in [1.82, 2.24) is 9.97 Å². The molecule has 0 aliphatic rings. The number of hydrogen-bond donors (Lipinski definition) is 4. The maximum atomic E-state index is 12.3. The molecule has 0 saturated heterocycles. The minimum absolute atomic E-state index is 0.0368. The zero-order chi connectivity index (χ0) is 17.6. The van der Waals surface area contributed by atoms with Gasteiger partial charge in [-0.05, 0) is 24.3 Å². The Morgan fingerprint density at radius 3 is 1.52 bits per heavy atom. The molecular formula is C19H14N2O4. The van der Waals surface area contributed by atoms with Crippen molar-refractivity contribution in [2.24, 2.45) is 0 Å². The molecule has 4 aromatic rings. The SMILES string of the molecule is O=c1[nH]c2ccccc2c(O)c1Cc1c(O)c2ccccc2[nH]c1=O. The van der Waals surface area contributed by atoms with Gasteiger partial charge in [-0.2, -0.15) is 0 Å². The van der Waals surface area contributed by atoms with Crippen LogP contribution in [0.4, 0.5) is 0 Å². The predicted octanol–water partition coefficient (Wildman–Crippen LogP) is 2.37. The van der Waals surface area contributed by atoms with Crippen molar-refractivity contribution in [3.05, 3.63) is 80.4 Å². The van der Waals surface area contributed by atoms with Crippen molar-refractivity contribution in [2.75, 3.05) is 0 Å². The fourth-order valence-corrected chi connectivity index (χ4v) is 3.04. The van der Waals surface area contributed by atoms with E-state index in [1.165, 1.54) is 0 Å². The fourth-order valence-electron chi connectivity index (χ4n) is 3.04. The molecule has 0 saturated carbocycles. The standard InChI is InChI=1S/C19H14N2O4/c22-16-10-5-1-3-7-14(10)20-18(24)12(16)9-13-17(23)11-6-2-4-8-15(11)21-19(13)25/h1-8H,9H2,(H2,20,22,24)(H2,21,23,25). The molecule has 0 aliphatic carbocycles. The van der Waals surface area contributed by atoms with Gasteiger partial charge in [0.15, 0.2) is 0 Å². The molecule has 0 fully saturated rings. The molecule has 0 amide bonds. The Hall–Kier alpha value is -3.54. The van der Waals surface area contributed by atoms with E-state index in [1.807, 2.05) is 0 Å². The molecule has 2 aromatic carbocycles. The van der Waals surface area contributed by atoms with Gasteiger partial charge in [-0.25, -0.2) is 0 Å². The summed E-state index contributed by atoms with van der Waals surface area (Å²) in [6.07, 6.45) is -0.183. The summed E-state index contributed by atoms with van der Waals surface area (Å²) in [5.74, 6) is -0.377. The zero-order valence-electron chi connectivity index (χ0n) is 13.0. The quantitative estimate of drug-likeness (QED) is 0.451. The van der Waals surface area contributed by atoms with Gasteiger partial charge < -0.3 is 20.2 Å². The minimum atomic E-state index is -0.497. The van der Waals surface area contributed by atoms with Crippen molar-refractivity contribution in [1.29, 1.82) is 0 Å². The van der Waals surface area contributed by atoms with Crippen LogP contribution in [0.5, 0.6) is 11.5 Å². The second kappa shape index (κ2) is 5.52. The summed E-state index contributed by atoms with van der Waals surface area (Å²) in [7, 11) is 0. The van der Waals surface area contributed by atoms with Crippen LogP contribution in [-0.2, 0) is 6.42 Å². The first kappa shape index (κ1) is 15.0. The number of fused-ring (bicyclic) bond motifs is 2. The van der Waals surface area contributed by atoms with E-state index in [0.717, 1.165) is 0 Å². The predicted molar refractivity (Wildman–Crippen MR) is 95.3 cm³/mol. The number of aromatic amines is 2. The summed E-state index contributed by atoms with van der Waals surface area (Å²) in [5.41, 5.74) is 0.0895. The molecule has 0 radical (unpaired) electrons. The highest BCUT2D eigenvalue weighted by atomic mass is 16.3. The van der Waals surface area contributed by atoms with Gasteiger partial charge in [0.1, 0.15) is 11.5 Å². The number of rotatable bonds is 2. The maximum absolute atomic E-state index is 12.3. The average molecular weight is 334 g/mol. The average Bonchev–Trinajstić information content (AvgIpc) is 2.61. The van der Waals surface area contributed by atoms with E-state index in [2.05, 4.69) is 9.97 Å². The number of H-pyrrole nitrogens is 2. The lowest BCUT2D eigenvalue weighted by Crippen LogP contribution is -2.19. The van der Waals surface area contributed by atoms with Gasteiger partial charge in [0.05, 0.1) is 22.2 Å². The van der Waals surface area contributed by atoms with Crippen molar-refractivity contribution in [2.45, 2.75) is 6.42 Å². The molecular weight excluding hydrogens is 320 g/mol. The number of benzene rings is 2. The highest BCUT2D eigenvalue weighted by Gasteiger charge is 2.18. The van der Waals surface area contributed by atoms with Gasteiger partial charge in [-0.15, -0.1) is 0 Å². The number of hydrogen-bond acceptors (Lipinski definition) is 4. The molecule has 4 N–H and O–H groups in total. The largest absolute Gasteiger partial charge is 0.507 e. The lowest BCUT2D eigenvalue weighted by Gasteiger charge is -2.10. The third kappa shape index (κ3) is 2.35. The van der Waals surface area contributed by atoms with Gasteiger partial charge in [-0.1, -0.05) is 24.3 Å². The lowest BCUT2D eigenvalue weighted by molar-refractivity contribution is 0.467.